The molecule has 2 unspecified atom stereocenters. The molecule has 1 aliphatic carbocycles. The summed E-state index contributed by atoms with van der Waals surface area (Å²) in [5.41, 5.74) is -1.15. The fraction of sp³-hybridized carbons (Fsp3) is 0.917. The van der Waals surface area contributed by atoms with E-state index in [1.165, 1.54) is 0 Å². The highest BCUT2D eigenvalue weighted by atomic mass is 16.3. The first-order valence-corrected chi connectivity index (χ1v) is 5.67. The van der Waals surface area contributed by atoms with Crippen LogP contribution in [0.1, 0.15) is 47.0 Å². The van der Waals surface area contributed by atoms with E-state index in [1.807, 2.05) is 13.8 Å². The smallest absolute Gasteiger partial charge is 0.0767 e. The summed E-state index contributed by atoms with van der Waals surface area (Å²) in [5, 5.41) is 22.4. The standard InChI is InChI=1S/C12H22N2O/c1-11(2,12(3,4)15)14-10-7-5-6-9(10)8-13/h9-10,14-15H,5-7H2,1-4H3. The van der Waals surface area contributed by atoms with Crippen LogP contribution < -0.4 is 5.32 Å². The number of aliphatic hydroxyl groups is 1. The average molecular weight is 210 g/mol. The summed E-state index contributed by atoms with van der Waals surface area (Å²) in [6.07, 6.45) is 3.13. The molecule has 86 valence electrons. The van der Waals surface area contributed by atoms with Crippen LogP contribution in [0.5, 0.6) is 0 Å². The van der Waals surface area contributed by atoms with E-state index in [4.69, 9.17) is 5.26 Å². The molecule has 0 spiro atoms. The van der Waals surface area contributed by atoms with E-state index in [1.54, 1.807) is 13.8 Å². The van der Waals surface area contributed by atoms with Gasteiger partial charge < -0.3 is 10.4 Å². The second-order valence-electron chi connectivity index (χ2n) is 5.60. The predicted molar refractivity (Wildman–Crippen MR) is 60.3 cm³/mol. The lowest BCUT2D eigenvalue weighted by molar-refractivity contribution is -0.0111. The number of nitriles is 1. The second-order valence-corrected chi connectivity index (χ2v) is 5.60. The molecule has 0 radical (unpaired) electrons. The van der Waals surface area contributed by atoms with Crippen LogP contribution in [0, 0.1) is 17.2 Å². The SMILES string of the molecule is CC(C)(O)C(C)(C)NC1CCCC1C#N. The monoisotopic (exact) mass is 210 g/mol. The molecule has 3 nitrogen and oxygen atoms in total. The molecule has 0 saturated heterocycles. The van der Waals surface area contributed by atoms with Crippen LogP contribution in [0.2, 0.25) is 0 Å². The number of hydrogen-bond donors (Lipinski definition) is 2. The third-order valence-corrected chi connectivity index (χ3v) is 3.76. The van der Waals surface area contributed by atoms with Crippen LogP contribution in [0.15, 0.2) is 0 Å². The molecule has 0 aromatic heterocycles. The zero-order valence-electron chi connectivity index (χ0n) is 10.2. The minimum atomic E-state index is -0.782. The van der Waals surface area contributed by atoms with E-state index in [9.17, 15) is 5.11 Å². The summed E-state index contributed by atoms with van der Waals surface area (Å²) in [6, 6.07) is 2.58. The Morgan fingerprint density at radius 2 is 1.87 bits per heavy atom. The van der Waals surface area contributed by atoms with Crippen LogP contribution >= 0.6 is 0 Å². The van der Waals surface area contributed by atoms with E-state index in [2.05, 4.69) is 11.4 Å². The van der Waals surface area contributed by atoms with Gasteiger partial charge in [0.1, 0.15) is 0 Å². The molecule has 0 aliphatic heterocycles. The van der Waals surface area contributed by atoms with Crippen molar-refractivity contribution in [3.63, 3.8) is 0 Å². The van der Waals surface area contributed by atoms with Crippen LogP contribution in [-0.4, -0.2) is 22.3 Å². The van der Waals surface area contributed by atoms with E-state index in [-0.39, 0.29) is 17.5 Å². The van der Waals surface area contributed by atoms with Gasteiger partial charge >= 0.3 is 0 Å². The molecule has 0 amide bonds. The Balaban J connectivity index is 2.66. The molecule has 1 rings (SSSR count). The fourth-order valence-electron chi connectivity index (χ4n) is 1.93. The Morgan fingerprint density at radius 3 is 2.33 bits per heavy atom. The fourth-order valence-corrected chi connectivity index (χ4v) is 1.93. The van der Waals surface area contributed by atoms with Crippen molar-refractivity contribution in [2.75, 3.05) is 0 Å². The molecule has 0 aromatic rings. The molecule has 0 bridgehead atoms. The molecule has 3 heteroatoms. The zero-order chi connectivity index (χ0) is 11.7. The van der Waals surface area contributed by atoms with Crippen molar-refractivity contribution in [3.05, 3.63) is 0 Å². The van der Waals surface area contributed by atoms with Gasteiger partial charge in [-0.1, -0.05) is 6.42 Å². The normalized spacial score (nSPS) is 27.7. The lowest BCUT2D eigenvalue weighted by atomic mass is 9.84. The van der Waals surface area contributed by atoms with E-state index in [0.717, 1.165) is 19.3 Å². The van der Waals surface area contributed by atoms with Gasteiger partial charge in [0, 0.05) is 11.6 Å². The van der Waals surface area contributed by atoms with Gasteiger partial charge in [0.15, 0.2) is 0 Å². The third kappa shape index (κ3) is 2.70. The summed E-state index contributed by atoms with van der Waals surface area (Å²) in [6.45, 7) is 7.58. The first-order chi connectivity index (χ1) is 6.78. The van der Waals surface area contributed by atoms with Gasteiger partial charge in [-0.25, -0.2) is 0 Å². The van der Waals surface area contributed by atoms with Crippen molar-refractivity contribution in [2.45, 2.75) is 64.1 Å². The Hall–Kier alpha value is -0.590. The van der Waals surface area contributed by atoms with Gasteiger partial charge in [-0.3, -0.25) is 0 Å². The maximum absolute atomic E-state index is 10.0. The number of nitrogens with one attached hydrogen (secondary N) is 1. The minimum Gasteiger partial charge on any atom is -0.389 e. The van der Waals surface area contributed by atoms with Crippen LogP contribution in [0.25, 0.3) is 0 Å². The summed E-state index contributed by atoms with van der Waals surface area (Å²) < 4.78 is 0. The largest absolute Gasteiger partial charge is 0.389 e. The highest BCUT2D eigenvalue weighted by Crippen LogP contribution is 2.29. The van der Waals surface area contributed by atoms with E-state index < -0.39 is 5.60 Å². The van der Waals surface area contributed by atoms with Gasteiger partial charge in [-0.05, 0) is 40.5 Å². The molecule has 1 saturated carbocycles. The average Bonchev–Trinajstić information content (AvgIpc) is 2.48. The molecule has 1 aliphatic rings. The second kappa shape index (κ2) is 4.11. The summed E-state index contributed by atoms with van der Waals surface area (Å²) in [4.78, 5) is 0. The Morgan fingerprint density at radius 1 is 1.27 bits per heavy atom. The minimum absolute atomic E-state index is 0.103. The zero-order valence-corrected chi connectivity index (χ0v) is 10.2. The summed E-state index contributed by atoms with van der Waals surface area (Å²) in [7, 11) is 0. The highest BCUT2D eigenvalue weighted by molar-refractivity contribution is 5.02. The third-order valence-electron chi connectivity index (χ3n) is 3.76. The highest BCUT2D eigenvalue weighted by Gasteiger charge is 2.39. The van der Waals surface area contributed by atoms with Gasteiger partial charge in [0.25, 0.3) is 0 Å². The Labute approximate surface area is 92.5 Å². The Kier molecular flexibility index (Phi) is 3.42. The molecule has 0 heterocycles. The van der Waals surface area contributed by atoms with Crippen molar-refractivity contribution in [2.24, 2.45) is 5.92 Å². The predicted octanol–water partition coefficient (Wildman–Crippen LogP) is 1.82. The molecule has 1 fully saturated rings. The number of hydrogen-bond acceptors (Lipinski definition) is 3. The van der Waals surface area contributed by atoms with Crippen molar-refractivity contribution in [1.29, 1.82) is 5.26 Å². The Bertz CT molecular complexity index is 260. The summed E-state index contributed by atoms with van der Waals surface area (Å²) >= 11 is 0. The maximum Gasteiger partial charge on any atom is 0.0767 e. The van der Waals surface area contributed by atoms with Gasteiger partial charge in [0.05, 0.1) is 17.6 Å². The molecular formula is C12H22N2O. The van der Waals surface area contributed by atoms with Crippen molar-refractivity contribution in [3.8, 4) is 6.07 Å². The van der Waals surface area contributed by atoms with Gasteiger partial charge in [-0.15, -0.1) is 0 Å². The maximum atomic E-state index is 10.0. The van der Waals surface area contributed by atoms with Crippen LogP contribution in [0.4, 0.5) is 0 Å². The molecule has 15 heavy (non-hydrogen) atoms. The first kappa shape index (κ1) is 12.5. The number of nitrogens with zero attached hydrogens (tertiary/aromatic N) is 1. The van der Waals surface area contributed by atoms with Crippen molar-refractivity contribution < 1.29 is 5.11 Å². The van der Waals surface area contributed by atoms with E-state index in [0.29, 0.717) is 0 Å². The topological polar surface area (TPSA) is 56.0 Å². The van der Waals surface area contributed by atoms with Crippen molar-refractivity contribution >= 4 is 0 Å². The molecular weight excluding hydrogens is 188 g/mol. The molecule has 2 N–H and O–H groups in total. The van der Waals surface area contributed by atoms with Gasteiger partial charge in [0.2, 0.25) is 0 Å². The first-order valence-electron chi connectivity index (χ1n) is 5.67. The van der Waals surface area contributed by atoms with Crippen LogP contribution in [0.3, 0.4) is 0 Å². The lowest BCUT2D eigenvalue weighted by Gasteiger charge is -2.41. The summed E-state index contributed by atoms with van der Waals surface area (Å²) in [5.74, 6) is 0.103. The molecule has 0 aromatic carbocycles. The van der Waals surface area contributed by atoms with Gasteiger partial charge in [-0.2, -0.15) is 5.26 Å². The quantitative estimate of drug-likeness (QED) is 0.747. The van der Waals surface area contributed by atoms with E-state index >= 15 is 0 Å². The lowest BCUT2D eigenvalue weighted by Crippen LogP contribution is -2.59. The van der Waals surface area contributed by atoms with Crippen molar-refractivity contribution in [1.82, 2.24) is 5.32 Å². The number of rotatable bonds is 3. The van der Waals surface area contributed by atoms with Crippen LogP contribution in [-0.2, 0) is 0 Å². The molecule has 2 atom stereocenters.